The smallest absolute Gasteiger partial charge is 0.0809 e. The molecule has 0 bridgehead atoms. The van der Waals surface area contributed by atoms with Gasteiger partial charge in [0.05, 0.1) is 19.1 Å². The number of nitrogens with zero attached hydrogens (tertiary/aromatic N) is 1. The number of benzene rings is 2. The minimum atomic E-state index is 0. The Labute approximate surface area is 137 Å². The SMILES string of the molecule is C[NH2+]CCc1cc2cccc3c2n1-c1ccccc1CC3.[Cl-]. The minimum Gasteiger partial charge on any atom is -1.00 e. The molecule has 2 N–H and O–H groups in total. The number of aryl methyl sites for hydroxylation is 2. The van der Waals surface area contributed by atoms with E-state index in [4.69, 9.17) is 0 Å². The van der Waals surface area contributed by atoms with Gasteiger partial charge in [0.1, 0.15) is 0 Å². The summed E-state index contributed by atoms with van der Waals surface area (Å²) >= 11 is 0. The molecule has 2 nitrogen and oxygen atoms in total. The highest BCUT2D eigenvalue weighted by atomic mass is 35.5. The molecule has 0 amide bonds. The van der Waals surface area contributed by atoms with Crippen molar-refractivity contribution in [2.75, 3.05) is 13.6 Å². The normalized spacial score (nSPS) is 12.6. The van der Waals surface area contributed by atoms with E-state index in [0.717, 1.165) is 25.8 Å². The number of rotatable bonds is 3. The number of aromatic nitrogens is 1. The van der Waals surface area contributed by atoms with Gasteiger partial charge in [-0.1, -0.05) is 36.4 Å². The monoisotopic (exact) mass is 312 g/mol. The summed E-state index contributed by atoms with van der Waals surface area (Å²) in [5, 5.41) is 3.64. The minimum absolute atomic E-state index is 0. The highest BCUT2D eigenvalue weighted by Crippen LogP contribution is 2.32. The van der Waals surface area contributed by atoms with Crippen LogP contribution in [0.1, 0.15) is 16.8 Å². The van der Waals surface area contributed by atoms with Crippen molar-refractivity contribution in [2.24, 2.45) is 0 Å². The lowest BCUT2D eigenvalue weighted by molar-refractivity contribution is -0.626. The van der Waals surface area contributed by atoms with Crippen LogP contribution in [-0.2, 0) is 19.3 Å². The highest BCUT2D eigenvalue weighted by molar-refractivity contribution is 5.87. The van der Waals surface area contributed by atoms with Gasteiger partial charge in [-0.25, -0.2) is 0 Å². The van der Waals surface area contributed by atoms with Crippen molar-refractivity contribution in [2.45, 2.75) is 19.3 Å². The van der Waals surface area contributed by atoms with E-state index in [1.807, 2.05) is 0 Å². The van der Waals surface area contributed by atoms with E-state index in [1.54, 1.807) is 0 Å². The lowest BCUT2D eigenvalue weighted by atomic mass is 10.0. The van der Waals surface area contributed by atoms with Crippen LogP contribution in [0.5, 0.6) is 0 Å². The van der Waals surface area contributed by atoms with Crippen molar-refractivity contribution < 1.29 is 17.7 Å². The maximum absolute atomic E-state index is 2.51. The summed E-state index contributed by atoms with van der Waals surface area (Å²) in [4.78, 5) is 0. The lowest BCUT2D eigenvalue weighted by Crippen LogP contribution is -3.00. The second-order valence-corrected chi connectivity index (χ2v) is 5.90. The Balaban J connectivity index is 0.00000144. The van der Waals surface area contributed by atoms with Crippen LogP contribution in [0.4, 0.5) is 0 Å². The summed E-state index contributed by atoms with van der Waals surface area (Å²) in [5.41, 5.74) is 7.19. The molecule has 22 heavy (non-hydrogen) atoms. The third kappa shape index (κ3) is 2.33. The Kier molecular flexibility index (Phi) is 4.23. The summed E-state index contributed by atoms with van der Waals surface area (Å²) in [6.45, 7) is 1.13. The molecule has 1 aliphatic rings. The number of para-hydroxylation sites is 2. The van der Waals surface area contributed by atoms with E-state index in [0.29, 0.717) is 0 Å². The van der Waals surface area contributed by atoms with Gasteiger partial charge in [-0.15, -0.1) is 0 Å². The summed E-state index contributed by atoms with van der Waals surface area (Å²) in [7, 11) is 2.14. The maximum Gasteiger partial charge on any atom is 0.0809 e. The van der Waals surface area contributed by atoms with E-state index in [1.165, 1.54) is 33.4 Å². The molecule has 0 saturated carbocycles. The molecule has 0 spiro atoms. The number of halogens is 1. The van der Waals surface area contributed by atoms with E-state index in [-0.39, 0.29) is 12.4 Å². The topological polar surface area (TPSA) is 21.5 Å². The molecule has 1 aromatic heterocycles. The summed E-state index contributed by atoms with van der Waals surface area (Å²) in [5.74, 6) is 0. The molecule has 0 fully saturated rings. The number of nitrogens with two attached hydrogens (primary N) is 1. The molecule has 0 radical (unpaired) electrons. The molecule has 2 aromatic carbocycles. The largest absolute Gasteiger partial charge is 1.00 e. The zero-order valence-electron chi connectivity index (χ0n) is 12.8. The van der Waals surface area contributed by atoms with Gasteiger partial charge >= 0.3 is 0 Å². The van der Waals surface area contributed by atoms with Crippen LogP contribution in [0.2, 0.25) is 0 Å². The number of likely N-dealkylation sites (N-methyl/N-ethyl adjacent to an activating group) is 1. The van der Waals surface area contributed by atoms with Gasteiger partial charge in [-0.05, 0) is 36.1 Å². The molecular weight excluding hydrogens is 292 g/mol. The second kappa shape index (κ2) is 6.15. The third-order valence-electron chi connectivity index (χ3n) is 4.57. The fourth-order valence-corrected chi connectivity index (χ4v) is 3.55. The van der Waals surface area contributed by atoms with Crippen molar-refractivity contribution in [1.82, 2.24) is 4.57 Å². The summed E-state index contributed by atoms with van der Waals surface area (Å²) in [6.07, 6.45) is 3.38. The van der Waals surface area contributed by atoms with E-state index >= 15 is 0 Å². The van der Waals surface area contributed by atoms with Crippen LogP contribution >= 0.6 is 0 Å². The van der Waals surface area contributed by atoms with Crippen LogP contribution in [0.3, 0.4) is 0 Å². The molecule has 1 aliphatic heterocycles. The predicted molar refractivity (Wildman–Crippen MR) is 87.1 cm³/mol. The van der Waals surface area contributed by atoms with Crippen molar-refractivity contribution in [3.63, 3.8) is 0 Å². The maximum atomic E-state index is 2.51. The molecule has 3 aromatic rings. The summed E-state index contributed by atoms with van der Waals surface area (Å²) in [6, 6.07) is 18.0. The Morgan fingerprint density at radius 1 is 1.00 bits per heavy atom. The molecule has 0 saturated heterocycles. The zero-order chi connectivity index (χ0) is 14.2. The van der Waals surface area contributed by atoms with E-state index < -0.39 is 0 Å². The fourth-order valence-electron chi connectivity index (χ4n) is 3.55. The van der Waals surface area contributed by atoms with Crippen LogP contribution in [0.15, 0.2) is 48.5 Å². The Morgan fingerprint density at radius 2 is 1.77 bits per heavy atom. The average Bonchev–Trinajstić information content (AvgIpc) is 2.80. The molecule has 114 valence electrons. The number of hydrogen-bond donors (Lipinski definition) is 1. The molecule has 0 atom stereocenters. The molecular formula is C19H21ClN2. The molecule has 4 rings (SSSR count). The molecule has 0 aliphatic carbocycles. The van der Waals surface area contributed by atoms with Gasteiger partial charge in [0.15, 0.2) is 0 Å². The Bertz CT molecular complexity index is 804. The third-order valence-corrected chi connectivity index (χ3v) is 4.57. The first-order valence-corrected chi connectivity index (χ1v) is 7.87. The van der Waals surface area contributed by atoms with Crippen LogP contribution in [0.25, 0.3) is 16.6 Å². The molecule has 0 unspecified atom stereocenters. The standard InChI is InChI=1S/C19H20N2.ClH/c1-20-12-11-17-13-16-7-4-6-15-10-9-14-5-2-3-8-18(14)21(17)19(15)16;/h2-8,13,20H,9-12H2,1H3;1H. The molecule has 2 heterocycles. The first kappa shape index (κ1) is 15.1. The van der Waals surface area contributed by atoms with Crippen LogP contribution in [-0.4, -0.2) is 18.2 Å². The van der Waals surface area contributed by atoms with E-state index in [9.17, 15) is 0 Å². The van der Waals surface area contributed by atoms with Crippen molar-refractivity contribution in [1.29, 1.82) is 0 Å². The number of fused-ring (bicyclic) bond motifs is 2. The van der Waals surface area contributed by atoms with Gasteiger partial charge in [0, 0.05) is 23.2 Å². The van der Waals surface area contributed by atoms with Crippen LogP contribution < -0.4 is 17.7 Å². The summed E-state index contributed by atoms with van der Waals surface area (Å²) < 4.78 is 2.51. The van der Waals surface area contributed by atoms with Gasteiger partial charge in [0.25, 0.3) is 0 Å². The Morgan fingerprint density at radius 3 is 2.64 bits per heavy atom. The van der Waals surface area contributed by atoms with Gasteiger partial charge in [-0.3, -0.25) is 0 Å². The van der Waals surface area contributed by atoms with Crippen molar-refractivity contribution in [3.8, 4) is 5.69 Å². The van der Waals surface area contributed by atoms with Gasteiger partial charge in [0.2, 0.25) is 0 Å². The van der Waals surface area contributed by atoms with Crippen molar-refractivity contribution in [3.05, 3.63) is 65.4 Å². The zero-order valence-corrected chi connectivity index (χ0v) is 13.6. The van der Waals surface area contributed by atoms with E-state index in [2.05, 4.69) is 65.5 Å². The second-order valence-electron chi connectivity index (χ2n) is 5.90. The van der Waals surface area contributed by atoms with Crippen molar-refractivity contribution >= 4 is 10.9 Å². The fraction of sp³-hybridized carbons (Fsp3) is 0.263. The Hall–Kier alpha value is -1.77. The van der Waals surface area contributed by atoms with Gasteiger partial charge in [-0.2, -0.15) is 0 Å². The average molecular weight is 313 g/mol. The first-order chi connectivity index (χ1) is 10.4. The van der Waals surface area contributed by atoms with Gasteiger partial charge < -0.3 is 22.3 Å². The lowest BCUT2D eigenvalue weighted by Gasteiger charge is -2.13. The highest BCUT2D eigenvalue weighted by Gasteiger charge is 2.19. The first-order valence-electron chi connectivity index (χ1n) is 7.87. The number of quaternary nitrogens is 1. The number of hydrogen-bond acceptors (Lipinski definition) is 0. The predicted octanol–water partition coefficient (Wildman–Crippen LogP) is -0.531. The quantitative estimate of drug-likeness (QED) is 0.671. The molecule has 3 heteroatoms. The van der Waals surface area contributed by atoms with Crippen LogP contribution in [0, 0.1) is 0 Å².